The molecule has 1 aliphatic heterocycles. The maximum Gasteiger partial charge on any atom is 0.306 e. The van der Waals surface area contributed by atoms with E-state index in [1.54, 1.807) is 24.0 Å². The fraction of sp³-hybridized carbons (Fsp3) is 0.417. The number of benzene rings is 1. The standard InChI is InChI=1S/C24H30N4O6S/c1-7-33-19-11-15-12-28(22(25)20(15)27-21(19)23(30)26-5)13-17(29)14-8-9-18(34-35(6,31)32)16(10-14)24(2,3)4/h8-11,25H,7,12-13H2,1-6H3,(H,26,30). The minimum absolute atomic E-state index is 0.0367. The summed E-state index contributed by atoms with van der Waals surface area (Å²) in [6, 6.07) is 6.31. The van der Waals surface area contributed by atoms with Gasteiger partial charge in [-0.15, -0.1) is 0 Å². The summed E-state index contributed by atoms with van der Waals surface area (Å²) >= 11 is 0. The third-order valence-electron chi connectivity index (χ3n) is 5.40. The van der Waals surface area contributed by atoms with E-state index in [1.807, 2.05) is 20.8 Å². The molecule has 1 amide bonds. The Morgan fingerprint density at radius 2 is 1.89 bits per heavy atom. The summed E-state index contributed by atoms with van der Waals surface area (Å²) < 4.78 is 34.0. The van der Waals surface area contributed by atoms with E-state index in [0.29, 0.717) is 34.7 Å². The predicted molar refractivity (Wildman–Crippen MR) is 131 cm³/mol. The van der Waals surface area contributed by atoms with Crippen LogP contribution in [0.3, 0.4) is 0 Å². The molecule has 0 saturated carbocycles. The van der Waals surface area contributed by atoms with Crippen molar-refractivity contribution in [3.05, 3.63) is 52.3 Å². The second kappa shape index (κ2) is 9.65. The predicted octanol–water partition coefficient (Wildman–Crippen LogP) is 2.50. The molecule has 10 nitrogen and oxygen atoms in total. The number of Topliss-reactive ketones (excluding diaryl/α,β-unsaturated/α-hetero) is 1. The molecule has 1 aromatic carbocycles. The molecule has 0 bridgehead atoms. The number of ketones is 1. The van der Waals surface area contributed by atoms with Crippen LogP contribution in [0.5, 0.6) is 11.5 Å². The van der Waals surface area contributed by atoms with Gasteiger partial charge in [-0.2, -0.15) is 8.42 Å². The quantitative estimate of drug-likeness (QED) is 0.415. The van der Waals surface area contributed by atoms with Gasteiger partial charge in [0.05, 0.1) is 19.4 Å². The molecule has 2 aromatic rings. The van der Waals surface area contributed by atoms with Crippen LogP contribution in [0.15, 0.2) is 24.3 Å². The number of hydrogen-bond acceptors (Lipinski definition) is 8. The van der Waals surface area contributed by atoms with Crippen molar-refractivity contribution in [1.29, 1.82) is 5.41 Å². The van der Waals surface area contributed by atoms with Crippen LogP contribution >= 0.6 is 0 Å². The maximum absolute atomic E-state index is 13.2. The number of nitrogens with one attached hydrogen (secondary N) is 2. The summed E-state index contributed by atoms with van der Waals surface area (Å²) in [6.07, 6.45) is 0.968. The molecule has 2 N–H and O–H groups in total. The largest absolute Gasteiger partial charge is 0.491 e. The number of carbonyl (C=O) groups is 2. The van der Waals surface area contributed by atoms with Crippen molar-refractivity contribution in [2.75, 3.05) is 26.5 Å². The van der Waals surface area contributed by atoms with Crippen LogP contribution in [0.4, 0.5) is 0 Å². The number of nitrogens with zero attached hydrogens (tertiary/aromatic N) is 2. The zero-order chi connectivity index (χ0) is 26.1. The van der Waals surface area contributed by atoms with Crippen LogP contribution < -0.4 is 14.2 Å². The number of amidine groups is 1. The van der Waals surface area contributed by atoms with Gasteiger partial charge >= 0.3 is 10.1 Å². The Morgan fingerprint density at radius 3 is 2.46 bits per heavy atom. The third-order valence-corrected chi connectivity index (χ3v) is 5.88. The summed E-state index contributed by atoms with van der Waals surface area (Å²) in [6.45, 7) is 8.00. The molecule has 0 spiro atoms. The lowest BCUT2D eigenvalue weighted by Crippen LogP contribution is -2.31. The van der Waals surface area contributed by atoms with Crippen LogP contribution in [0.2, 0.25) is 0 Å². The van der Waals surface area contributed by atoms with E-state index in [0.717, 1.165) is 6.26 Å². The van der Waals surface area contributed by atoms with Crippen LogP contribution in [0.25, 0.3) is 0 Å². The molecule has 1 aromatic heterocycles. The Kier molecular flexibility index (Phi) is 7.21. The zero-order valence-corrected chi connectivity index (χ0v) is 21.5. The summed E-state index contributed by atoms with van der Waals surface area (Å²) in [5.74, 6) is -0.148. The lowest BCUT2D eigenvalue weighted by atomic mass is 9.85. The first-order valence-corrected chi connectivity index (χ1v) is 12.9. The van der Waals surface area contributed by atoms with Crippen molar-refractivity contribution in [1.82, 2.24) is 15.2 Å². The fourth-order valence-electron chi connectivity index (χ4n) is 3.77. The topological polar surface area (TPSA) is 139 Å². The van der Waals surface area contributed by atoms with Crippen LogP contribution in [-0.2, 0) is 22.1 Å². The van der Waals surface area contributed by atoms with E-state index in [2.05, 4.69) is 10.3 Å². The Morgan fingerprint density at radius 1 is 1.20 bits per heavy atom. The second-order valence-corrected chi connectivity index (χ2v) is 10.8. The Bertz CT molecular complexity index is 1300. The number of ether oxygens (including phenoxy) is 1. The Labute approximate surface area is 205 Å². The average molecular weight is 503 g/mol. The van der Waals surface area contributed by atoms with Gasteiger partial charge in [0.1, 0.15) is 17.3 Å². The number of fused-ring (bicyclic) bond motifs is 1. The first-order valence-electron chi connectivity index (χ1n) is 11.0. The van der Waals surface area contributed by atoms with Gasteiger partial charge in [0, 0.05) is 30.3 Å². The molecular weight excluding hydrogens is 472 g/mol. The van der Waals surface area contributed by atoms with E-state index < -0.39 is 21.4 Å². The van der Waals surface area contributed by atoms with Gasteiger partial charge < -0.3 is 19.1 Å². The van der Waals surface area contributed by atoms with Gasteiger partial charge in [0.15, 0.2) is 17.2 Å². The lowest BCUT2D eigenvalue weighted by molar-refractivity contribution is 0.0949. The van der Waals surface area contributed by atoms with Gasteiger partial charge in [-0.1, -0.05) is 20.8 Å². The lowest BCUT2D eigenvalue weighted by Gasteiger charge is -2.23. The molecule has 3 rings (SSSR count). The molecular formula is C24H30N4O6S. The van der Waals surface area contributed by atoms with E-state index in [9.17, 15) is 18.0 Å². The van der Waals surface area contributed by atoms with Crippen molar-refractivity contribution in [2.45, 2.75) is 39.7 Å². The fourth-order valence-corrected chi connectivity index (χ4v) is 4.24. The summed E-state index contributed by atoms with van der Waals surface area (Å²) in [5.41, 5.74) is 1.56. The number of amides is 1. The normalized spacial score (nSPS) is 13.4. The molecule has 0 saturated heterocycles. The molecule has 2 heterocycles. The molecule has 11 heteroatoms. The van der Waals surface area contributed by atoms with Crippen molar-refractivity contribution in [3.63, 3.8) is 0 Å². The van der Waals surface area contributed by atoms with Crippen molar-refractivity contribution < 1.29 is 26.9 Å². The third kappa shape index (κ3) is 5.79. The van der Waals surface area contributed by atoms with Crippen molar-refractivity contribution >= 4 is 27.6 Å². The van der Waals surface area contributed by atoms with Crippen LogP contribution in [0.1, 0.15) is 65.4 Å². The van der Waals surface area contributed by atoms with Crippen molar-refractivity contribution in [2.24, 2.45) is 0 Å². The van der Waals surface area contributed by atoms with E-state index in [1.165, 1.54) is 19.2 Å². The highest BCUT2D eigenvalue weighted by Crippen LogP contribution is 2.34. The first kappa shape index (κ1) is 26.1. The van der Waals surface area contributed by atoms with Gasteiger partial charge in [0.2, 0.25) is 0 Å². The second-order valence-electron chi connectivity index (χ2n) is 9.23. The van der Waals surface area contributed by atoms with Gasteiger partial charge in [-0.3, -0.25) is 15.0 Å². The summed E-state index contributed by atoms with van der Waals surface area (Å²) in [4.78, 5) is 31.3. The molecule has 0 fully saturated rings. The number of rotatable bonds is 8. The van der Waals surface area contributed by atoms with Crippen LogP contribution in [-0.4, -0.2) is 62.3 Å². The van der Waals surface area contributed by atoms with Crippen molar-refractivity contribution in [3.8, 4) is 11.5 Å². The molecule has 0 unspecified atom stereocenters. The first-order chi connectivity index (χ1) is 16.2. The smallest absolute Gasteiger partial charge is 0.306 e. The average Bonchev–Trinajstić information content (AvgIpc) is 3.05. The Balaban J connectivity index is 1.88. The summed E-state index contributed by atoms with van der Waals surface area (Å²) in [5, 5.41) is 11.1. The van der Waals surface area contributed by atoms with Gasteiger partial charge in [-0.05, 0) is 36.6 Å². The molecule has 188 valence electrons. The molecule has 1 aliphatic rings. The maximum atomic E-state index is 13.2. The van der Waals surface area contributed by atoms with E-state index in [-0.39, 0.29) is 36.2 Å². The monoisotopic (exact) mass is 502 g/mol. The number of carbonyl (C=O) groups excluding carboxylic acids is 2. The summed E-state index contributed by atoms with van der Waals surface area (Å²) in [7, 11) is -2.25. The molecule has 35 heavy (non-hydrogen) atoms. The number of hydrogen-bond donors (Lipinski definition) is 2. The van der Waals surface area contributed by atoms with Gasteiger partial charge in [-0.25, -0.2) is 4.98 Å². The minimum Gasteiger partial charge on any atom is -0.491 e. The number of aromatic nitrogens is 1. The van der Waals surface area contributed by atoms with E-state index in [4.69, 9.17) is 14.3 Å². The minimum atomic E-state index is -3.74. The van der Waals surface area contributed by atoms with E-state index >= 15 is 0 Å². The highest BCUT2D eigenvalue weighted by atomic mass is 32.2. The zero-order valence-electron chi connectivity index (χ0n) is 20.7. The number of pyridine rings is 1. The van der Waals surface area contributed by atoms with Crippen LogP contribution in [0, 0.1) is 5.41 Å². The molecule has 0 atom stereocenters. The SMILES string of the molecule is CCOc1cc2c(nc1C(=O)NC)C(=N)N(CC(=O)c1ccc(OS(C)(=O)=O)c(C(C)(C)C)c1)C2. The van der Waals surface area contributed by atoms with Gasteiger partial charge in [0.25, 0.3) is 5.91 Å². The highest BCUT2D eigenvalue weighted by molar-refractivity contribution is 7.86. The molecule has 0 radical (unpaired) electrons. The highest BCUT2D eigenvalue weighted by Gasteiger charge is 2.31. The molecule has 0 aliphatic carbocycles. The Hall–Kier alpha value is -3.47.